The molecule has 0 spiro atoms. The van der Waals surface area contributed by atoms with Crippen LogP contribution in [0.15, 0.2) is 72.8 Å². The van der Waals surface area contributed by atoms with Crippen molar-refractivity contribution in [1.82, 2.24) is 9.78 Å². The number of nitrogens with zero attached hydrogens (tertiary/aromatic N) is 2. The highest BCUT2D eigenvalue weighted by molar-refractivity contribution is 5.87. The molecule has 1 aromatic heterocycles. The van der Waals surface area contributed by atoms with Gasteiger partial charge in [-0.1, -0.05) is 60.7 Å². The van der Waals surface area contributed by atoms with Gasteiger partial charge < -0.3 is 4.74 Å². The molecule has 4 heteroatoms. The summed E-state index contributed by atoms with van der Waals surface area (Å²) in [6, 6.07) is 22.1. The topological polar surface area (TPSA) is 44.1 Å². The summed E-state index contributed by atoms with van der Waals surface area (Å²) in [5, 5.41) is 4.71. The minimum atomic E-state index is -0.351. The van der Waals surface area contributed by atoms with Crippen molar-refractivity contribution in [2.75, 3.05) is 6.61 Å². The first-order valence-corrected chi connectivity index (χ1v) is 8.28. The first-order valence-electron chi connectivity index (χ1n) is 8.28. The number of benzene rings is 2. The van der Waals surface area contributed by atoms with Crippen LogP contribution in [-0.2, 0) is 16.1 Å². The molecule has 0 amide bonds. The molecule has 0 atom stereocenters. The quantitative estimate of drug-likeness (QED) is 0.502. The molecule has 25 heavy (non-hydrogen) atoms. The van der Waals surface area contributed by atoms with E-state index in [0.717, 1.165) is 22.5 Å². The van der Waals surface area contributed by atoms with Gasteiger partial charge in [-0.05, 0) is 24.6 Å². The second-order valence-corrected chi connectivity index (χ2v) is 5.55. The van der Waals surface area contributed by atoms with Crippen LogP contribution in [0.1, 0.15) is 18.2 Å². The van der Waals surface area contributed by atoms with Gasteiger partial charge in [-0.3, -0.25) is 4.68 Å². The first kappa shape index (κ1) is 16.7. The van der Waals surface area contributed by atoms with E-state index in [1.807, 2.05) is 59.3 Å². The Balaban J connectivity index is 1.93. The zero-order valence-electron chi connectivity index (χ0n) is 14.1. The van der Waals surface area contributed by atoms with E-state index in [-0.39, 0.29) is 5.97 Å². The Morgan fingerprint density at radius 3 is 2.44 bits per heavy atom. The third-order valence-electron chi connectivity index (χ3n) is 3.73. The lowest BCUT2D eigenvalue weighted by Gasteiger charge is -2.05. The number of rotatable bonds is 6. The molecule has 3 aromatic rings. The molecule has 0 aliphatic heterocycles. The fourth-order valence-corrected chi connectivity index (χ4v) is 2.54. The maximum absolute atomic E-state index is 11.6. The highest BCUT2D eigenvalue weighted by Gasteiger charge is 2.09. The van der Waals surface area contributed by atoms with Crippen molar-refractivity contribution in [2.45, 2.75) is 13.5 Å². The molecule has 1 heterocycles. The van der Waals surface area contributed by atoms with E-state index in [1.165, 1.54) is 6.08 Å². The van der Waals surface area contributed by atoms with Gasteiger partial charge in [0, 0.05) is 11.6 Å². The largest absolute Gasteiger partial charge is 0.463 e. The first-order chi connectivity index (χ1) is 12.3. The Labute approximate surface area is 147 Å². The van der Waals surface area contributed by atoms with Crippen LogP contribution < -0.4 is 0 Å². The average molecular weight is 332 g/mol. The van der Waals surface area contributed by atoms with Gasteiger partial charge in [0.15, 0.2) is 0 Å². The Hall–Kier alpha value is -3.14. The lowest BCUT2D eigenvalue weighted by Crippen LogP contribution is -2.04. The summed E-state index contributed by atoms with van der Waals surface area (Å²) in [6.07, 6.45) is 3.19. The molecule has 0 fully saturated rings. The highest BCUT2D eigenvalue weighted by atomic mass is 16.5. The fourth-order valence-electron chi connectivity index (χ4n) is 2.54. The second-order valence-electron chi connectivity index (χ2n) is 5.55. The summed E-state index contributed by atoms with van der Waals surface area (Å²) in [6.45, 7) is 2.79. The van der Waals surface area contributed by atoms with Crippen LogP contribution >= 0.6 is 0 Å². The zero-order chi connectivity index (χ0) is 17.5. The molecule has 0 saturated carbocycles. The van der Waals surface area contributed by atoms with E-state index in [1.54, 1.807) is 13.0 Å². The summed E-state index contributed by atoms with van der Waals surface area (Å²) in [4.78, 5) is 11.6. The minimum Gasteiger partial charge on any atom is -0.463 e. The van der Waals surface area contributed by atoms with E-state index in [0.29, 0.717) is 13.2 Å². The maximum atomic E-state index is 11.6. The second kappa shape index (κ2) is 8.11. The fraction of sp³-hybridized carbons (Fsp3) is 0.143. The third-order valence-corrected chi connectivity index (χ3v) is 3.73. The van der Waals surface area contributed by atoms with Crippen molar-refractivity contribution in [3.8, 4) is 11.3 Å². The monoisotopic (exact) mass is 332 g/mol. The average Bonchev–Trinajstić information content (AvgIpc) is 3.05. The van der Waals surface area contributed by atoms with Gasteiger partial charge in [0.2, 0.25) is 0 Å². The van der Waals surface area contributed by atoms with Gasteiger partial charge in [-0.15, -0.1) is 0 Å². The Bertz CT molecular complexity index is 852. The van der Waals surface area contributed by atoms with E-state index >= 15 is 0 Å². The van der Waals surface area contributed by atoms with E-state index in [4.69, 9.17) is 9.84 Å². The van der Waals surface area contributed by atoms with Crippen molar-refractivity contribution < 1.29 is 9.53 Å². The summed E-state index contributed by atoms with van der Waals surface area (Å²) < 4.78 is 6.85. The standard InChI is InChI=1S/C21H20N2O2/c1-2-25-21(24)14-13-19-15-20(18-11-7-4-8-12-18)22-23(19)16-17-9-5-3-6-10-17/h3-15H,2,16H2,1H3/b14-13+. The van der Waals surface area contributed by atoms with Crippen LogP contribution in [0.5, 0.6) is 0 Å². The molecule has 0 N–H and O–H groups in total. The van der Waals surface area contributed by atoms with Gasteiger partial charge in [-0.2, -0.15) is 5.10 Å². The van der Waals surface area contributed by atoms with E-state index in [2.05, 4.69) is 12.1 Å². The third kappa shape index (κ3) is 4.44. The molecule has 0 radical (unpaired) electrons. The highest BCUT2D eigenvalue weighted by Crippen LogP contribution is 2.20. The lowest BCUT2D eigenvalue weighted by molar-refractivity contribution is -0.137. The lowest BCUT2D eigenvalue weighted by atomic mass is 10.1. The molecule has 0 saturated heterocycles. The van der Waals surface area contributed by atoms with Gasteiger partial charge in [-0.25, -0.2) is 4.79 Å². The number of hydrogen-bond donors (Lipinski definition) is 0. The minimum absolute atomic E-state index is 0.351. The van der Waals surface area contributed by atoms with Gasteiger partial charge in [0.05, 0.1) is 24.5 Å². The Kier molecular flexibility index (Phi) is 5.42. The zero-order valence-corrected chi connectivity index (χ0v) is 14.1. The van der Waals surface area contributed by atoms with Crippen molar-refractivity contribution >= 4 is 12.0 Å². The van der Waals surface area contributed by atoms with Crippen LogP contribution in [0, 0.1) is 0 Å². The van der Waals surface area contributed by atoms with Crippen molar-refractivity contribution in [3.63, 3.8) is 0 Å². The maximum Gasteiger partial charge on any atom is 0.330 e. The number of ether oxygens (including phenoxy) is 1. The normalized spacial score (nSPS) is 10.9. The molecule has 3 rings (SSSR count). The summed E-state index contributed by atoms with van der Waals surface area (Å²) >= 11 is 0. The summed E-state index contributed by atoms with van der Waals surface area (Å²) in [5.74, 6) is -0.351. The molecular weight excluding hydrogens is 312 g/mol. The summed E-state index contributed by atoms with van der Waals surface area (Å²) in [5.41, 5.74) is 3.92. The number of carbonyl (C=O) groups is 1. The molecule has 126 valence electrons. The van der Waals surface area contributed by atoms with Crippen molar-refractivity contribution in [1.29, 1.82) is 0 Å². The Morgan fingerprint density at radius 1 is 1.08 bits per heavy atom. The number of aromatic nitrogens is 2. The number of hydrogen-bond acceptors (Lipinski definition) is 3. The van der Waals surface area contributed by atoms with Crippen LogP contribution in [0.25, 0.3) is 17.3 Å². The predicted octanol–water partition coefficient (Wildman–Crippen LogP) is 4.17. The molecule has 0 aliphatic rings. The SMILES string of the molecule is CCOC(=O)/C=C/c1cc(-c2ccccc2)nn1Cc1ccccc1. The van der Waals surface area contributed by atoms with Crippen LogP contribution in [0.2, 0.25) is 0 Å². The van der Waals surface area contributed by atoms with Crippen molar-refractivity contribution in [2.24, 2.45) is 0 Å². The van der Waals surface area contributed by atoms with E-state index in [9.17, 15) is 4.79 Å². The molecule has 0 aliphatic carbocycles. The van der Waals surface area contributed by atoms with Crippen LogP contribution in [0.4, 0.5) is 0 Å². The molecule has 0 unspecified atom stereocenters. The molecule has 0 bridgehead atoms. The number of carbonyl (C=O) groups excluding carboxylic acids is 1. The van der Waals surface area contributed by atoms with Gasteiger partial charge in [0.25, 0.3) is 0 Å². The van der Waals surface area contributed by atoms with Crippen molar-refractivity contribution in [3.05, 3.63) is 84.1 Å². The summed E-state index contributed by atoms with van der Waals surface area (Å²) in [7, 11) is 0. The van der Waals surface area contributed by atoms with Gasteiger partial charge >= 0.3 is 5.97 Å². The number of esters is 1. The smallest absolute Gasteiger partial charge is 0.330 e. The van der Waals surface area contributed by atoms with Crippen LogP contribution in [0.3, 0.4) is 0 Å². The Morgan fingerprint density at radius 2 is 1.76 bits per heavy atom. The van der Waals surface area contributed by atoms with Crippen LogP contribution in [-0.4, -0.2) is 22.4 Å². The molecular formula is C21H20N2O2. The molecule has 2 aromatic carbocycles. The van der Waals surface area contributed by atoms with Gasteiger partial charge in [0.1, 0.15) is 0 Å². The molecule has 4 nitrogen and oxygen atoms in total. The predicted molar refractivity (Wildman–Crippen MR) is 98.9 cm³/mol. The van der Waals surface area contributed by atoms with E-state index < -0.39 is 0 Å².